The summed E-state index contributed by atoms with van der Waals surface area (Å²) in [5.74, 6) is -0.275. The minimum atomic E-state index is -0.140. The highest BCUT2D eigenvalue weighted by molar-refractivity contribution is 5.84. The number of aliphatic imine (C=N–C) groups is 1. The molecule has 0 atom stereocenters. The Morgan fingerprint density at radius 2 is 2.00 bits per heavy atom. The smallest absolute Gasteiger partial charge is 0.166 e. The Hall–Kier alpha value is -2.36. The molecule has 0 aliphatic rings. The highest BCUT2D eigenvalue weighted by atomic mass is 16.3. The number of aromatic nitrogens is 1. The predicted octanol–water partition coefficient (Wildman–Crippen LogP) is 2.15. The average Bonchev–Trinajstić information content (AvgIpc) is 2.40. The van der Waals surface area contributed by atoms with Gasteiger partial charge in [-0.05, 0) is 24.3 Å². The van der Waals surface area contributed by atoms with E-state index in [1.54, 1.807) is 24.5 Å². The maximum Gasteiger partial charge on any atom is 0.166 e. The Morgan fingerprint density at radius 3 is 2.78 bits per heavy atom. The number of para-hydroxylation sites is 1. The van der Waals surface area contributed by atoms with Crippen LogP contribution in [-0.2, 0) is 6.42 Å². The van der Waals surface area contributed by atoms with Crippen LogP contribution in [-0.4, -0.2) is 28.0 Å². The van der Waals surface area contributed by atoms with Crippen LogP contribution in [0.3, 0.4) is 0 Å². The van der Waals surface area contributed by atoms with E-state index in [0.29, 0.717) is 12.1 Å². The summed E-state index contributed by atoms with van der Waals surface area (Å²) >= 11 is 0. The molecule has 0 saturated heterocycles. The molecule has 0 aliphatic carbocycles. The van der Waals surface area contributed by atoms with Crippen LogP contribution in [0, 0.1) is 0 Å². The van der Waals surface area contributed by atoms with E-state index < -0.39 is 0 Å². The number of benzene rings is 1. The van der Waals surface area contributed by atoms with Crippen molar-refractivity contribution in [1.29, 1.82) is 0 Å². The molecule has 1 heterocycles. The number of hydrogen-bond acceptors (Lipinski definition) is 4. The number of nitrogens with zero attached hydrogens (tertiary/aromatic N) is 2. The van der Waals surface area contributed by atoms with E-state index in [1.807, 2.05) is 18.2 Å². The second-order valence-electron chi connectivity index (χ2n) is 3.82. The Morgan fingerprint density at radius 1 is 1.11 bits per heavy atom. The van der Waals surface area contributed by atoms with E-state index in [9.17, 15) is 10.2 Å². The number of phenolic OH excluding ortho intramolecular Hbond substituents is 2. The van der Waals surface area contributed by atoms with Crippen molar-refractivity contribution in [3.63, 3.8) is 0 Å². The van der Waals surface area contributed by atoms with E-state index in [0.717, 1.165) is 12.1 Å². The van der Waals surface area contributed by atoms with Crippen LogP contribution in [0.2, 0.25) is 0 Å². The number of hydrogen-bond donors (Lipinski definition) is 2. The van der Waals surface area contributed by atoms with Crippen molar-refractivity contribution in [2.75, 3.05) is 6.54 Å². The number of rotatable bonds is 4. The molecule has 0 unspecified atom stereocenters. The lowest BCUT2D eigenvalue weighted by molar-refractivity contribution is 0.403. The molecule has 92 valence electrons. The molecule has 0 bridgehead atoms. The largest absolute Gasteiger partial charge is 0.504 e. The van der Waals surface area contributed by atoms with Crippen LogP contribution in [0.25, 0.3) is 0 Å². The summed E-state index contributed by atoms with van der Waals surface area (Å²) in [6.45, 7) is 0.589. The second kappa shape index (κ2) is 5.82. The molecule has 0 saturated carbocycles. The summed E-state index contributed by atoms with van der Waals surface area (Å²) in [6, 6.07) is 10.5. The van der Waals surface area contributed by atoms with Crippen molar-refractivity contribution in [2.45, 2.75) is 6.42 Å². The third kappa shape index (κ3) is 3.07. The van der Waals surface area contributed by atoms with Crippen LogP contribution >= 0.6 is 0 Å². The molecule has 2 rings (SSSR count). The zero-order valence-corrected chi connectivity index (χ0v) is 9.82. The maximum absolute atomic E-state index is 9.56. The van der Waals surface area contributed by atoms with E-state index in [-0.39, 0.29) is 11.5 Å². The molecule has 1 aromatic carbocycles. The average molecular weight is 242 g/mol. The lowest BCUT2D eigenvalue weighted by Crippen LogP contribution is -1.93. The molecule has 4 nitrogen and oxygen atoms in total. The zero-order valence-electron chi connectivity index (χ0n) is 9.82. The van der Waals surface area contributed by atoms with E-state index >= 15 is 0 Å². The summed E-state index contributed by atoms with van der Waals surface area (Å²) in [7, 11) is 0. The zero-order chi connectivity index (χ0) is 12.8. The minimum Gasteiger partial charge on any atom is -0.504 e. The summed E-state index contributed by atoms with van der Waals surface area (Å²) in [4.78, 5) is 8.39. The lowest BCUT2D eigenvalue weighted by Gasteiger charge is -2.00. The van der Waals surface area contributed by atoms with Crippen LogP contribution < -0.4 is 0 Å². The van der Waals surface area contributed by atoms with Crippen molar-refractivity contribution < 1.29 is 10.2 Å². The Labute approximate surface area is 105 Å². The molecule has 1 aromatic heterocycles. The van der Waals surface area contributed by atoms with Gasteiger partial charge < -0.3 is 10.2 Å². The van der Waals surface area contributed by atoms with Gasteiger partial charge in [0.15, 0.2) is 11.5 Å². The first-order valence-corrected chi connectivity index (χ1v) is 5.68. The van der Waals surface area contributed by atoms with Crippen LogP contribution in [0.4, 0.5) is 0 Å². The molecule has 2 aromatic rings. The van der Waals surface area contributed by atoms with Crippen molar-refractivity contribution in [3.8, 4) is 11.5 Å². The van der Waals surface area contributed by atoms with Crippen LogP contribution in [0.1, 0.15) is 11.3 Å². The molecule has 4 heteroatoms. The molecular formula is C14H14N2O2. The fourth-order valence-electron chi connectivity index (χ4n) is 1.54. The summed E-state index contributed by atoms with van der Waals surface area (Å²) < 4.78 is 0. The number of phenols is 2. The van der Waals surface area contributed by atoms with Gasteiger partial charge >= 0.3 is 0 Å². The van der Waals surface area contributed by atoms with Gasteiger partial charge in [-0.3, -0.25) is 9.98 Å². The number of pyridine rings is 1. The minimum absolute atomic E-state index is 0.135. The van der Waals surface area contributed by atoms with Gasteiger partial charge in [-0.25, -0.2) is 0 Å². The van der Waals surface area contributed by atoms with Gasteiger partial charge in [-0.15, -0.1) is 0 Å². The van der Waals surface area contributed by atoms with Crippen molar-refractivity contribution in [2.24, 2.45) is 4.99 Å². The molecule has 0 radical (unpaired) electrons. The second-order valence-corrected chi connectivity index (χ2v) is 3.82. The fraction of sp³-hybridized carbons (Fsp3) is 0.143. The quantitative estimate of drug-likeness (QED) is 0.637. The lowest BCUT2D eigenvalue weighted by atomic mass is 10.2. The maximum atomic E-state index is 9.56. The summed E-state index contributed by atoms with van der Waals surface area (Å²) in [6.07, 6.45) is 4.05. The standard InChI is InChI=1S/C14H14N2O2/c17-13-6-3-4-11(14(13)18)10-15-9-7-12-5-1-2-8-16-12/h1-6,8,10,17-18H,7,9H2. The van der Waals surface area contributed by atoms with Gasteiger partial charge in [0, 0.05) is 36.6 Å². The van der Waals surface area contributed by atoms with Gasteiger partial charge in [-0.2, -0.15) is 0 Å². The van der Waals surface area contributed by atoms with Crippen LogP contribution in [0.5, 0.6) is 11.5 Å². The Kier molecular flexibility index (Phi) is 3.91. The SMILES string of the molecule is Oc1cccc(C=NCCc2ccccn2)c1O. The Balaban J connectivity index is 1.94. The predicted molar refractivity (Wildman–Crippen MR) is 70.2 cm³/mol. The molecular weight excluding hydrogens is 228 g/mol. The monoisotopic (exact) mass is 242 g/mol. The van der Waals surface area contributed by atoms with Gasteiger partial charge in [0.25, 0.3) is 0 Å². The molecule has 0 amide bonds. The molecule has 0 fully saturated rings. The molecule has 0 aliphatic heterocycles. The first kappa shape index (κ1) is 12.1. The fourth-order valence-corrected chi connectivity index (χ4v) is 1.54. The normalized spacial score (nSPS) is 10.9. The van der Waals surface area contributed by atoms with Gasteiger partial charge in [0.2, 0.25) is 0 Å². The van der Waals surface area contributed by atoms with E-state index in [2.05, 4.69) is 9.98 Å². The van der Waals surface area contributed by atoms with Gasteiger partial charge in [0.05, 0.1) is 0 Å². The van der Waals surface area contributed by atoms with E-state index in [1.165, 1.54) is 6.07 Å². The number of aromatic hydroxyl groups is 2. The molecule has 2 N–H and O–H groups in total. The summed E-state index contributed by atoms with van der Waals surface area (Å²) in [5, 5.41) is 18.9. The van der Waals surface area contributed by atoms with Crippen molar-refractivity contribution in [3.05, 3.63) is 53.9 Å². The topological polar surface area (TPSA) is 65.7 Å². The van der Waals surface area contributed by atoms with Crippen molar-refractivity contribution >= 4 is 6.21 Å². The highest BCUT2D eigenvalue weighted by Gasteiger charge is 2.02. The molecule has 18 heavy (non-hydrogen) atoms. The van der Waals surface area contributed by atoms with Crippen molar-refractivity contribution in [1.82, 2.24) is 4.98 Å². The van der Waals surface area contributed by atoms with E-state index in [4.69, 9.17) is 0 Å². The first-order chi connectivity index (χ1) is 8.77. The summed E-state index contributed by atoms with van der Waals surface area (Å²) in [5.41, 5.74) is 1.49. The Bertz CT molecular complexity index is 539. The first-order valence-electron chi connectivity index (χ1n) is 5.68. The third-order valence-electron chi connectivity index (χ3n) is 2.50. The highest BCUT2D eigenvalue weighted by Crippen LogP contribution is 2.26. The molecule has 0 spiro atoms. The van der Waals surface area contributed by atoms with Gasteiger partial charge in [-0.1, -0.05) is 12.1 Å². The third-order valence-corrected chi connectivity index (χ3v) is 2.50. The van der Waals surface area contributed by atoms with Crippen LogP contribution in [0.15, 0.2) is 47.6 Å². The van der Waals surface area contributed by atoms with Gasteiger partial charge in [0.1, 0.15) is 0 Å².